The summed E-state index contributed by atoms with van der Waals surface area (Å²) in [5.41, 5.74) is 3.14. The lowest BCUT2D eigenvalue weighted by Crippen LogP contribution is -2.37. The summed E-state index contributed by atoms with van der Waals surface area (Å²) in [5.74, 6) is 0.390. The first-order valence-corrected chi connectivity index (χ1v) is 13.2. The van der Waals surface area contributed by atoms with Gasteiger partial charge in [-0.2, -0.15) is 0 Å². The van der Waals surface area contributed by atoms with E-state index in [-0.39, 0.29) is 23.1 Å². The number of carbonyl (C=O) groups excluding carboxylic acids is 1. The van der Waals surface area contributed by atoms with Crippen molar-refractivity contribution >= 4 is 28.7 Å². The van der Waals surface area contributed by atoms with E-state index in [1.807, 2.05) is 41.5 Å². The molecule has 0 atom stereocenters. The fraction of sp³-hybridized carbons (Fsp3) is 0.393. The molecular weight excluding hydrogens is 502 g/mol. The number of aromatic nitrogens is 5. The van der Waals surface area contributed by atoms with Crippen molar-refractivity contribution in [2.24, 2.45) is 0 Å². The highest BCUT2D eigenvalue weighted by Crippen LogP contribution is 2.40. The first-order valence-electron chi connectivity index (χ1n) is 13.2. The van der Waals surface area contributed by atoms with Crippen molar-refractivity contribution in [3.05, 3.63) is 59.2 Å². The minimum absolute atomic E-state index is 0.000613. The van der Waals surface area contributed by atoms with Gasteiger partial charge in [-0.05, 0) is 57.6 Å². The summed E-state index contributed by atoms with van der Waals surface area (Å²) in [6.07, 6.45) is 4.24. The van der Waals surface area contributed by atoms with E-state index in [0.717, 1.165) is 36.1 Å². The number of carbonyl (C=O) groups is 1. The van der Waals surface area contributed by atoms with Gasteiger partial charge in [-0.15, -0.1) is 0 Å². The Bertz CT molecular complexity index is 1580. The molecule has 1 aliphatic heterocycles. The van der Waals surface area contributed by atoms with Gasteiger partial charge in [0.2, 0.25) is 11.9 Å². The normalized spacial score (nSPS) is 15.2. The van der Waals surface area contributed by atoms with Crippen LogP contribution in [0.2, 0.25) is 0 Å². The van der Waals surface area contributed by atoms with Crippen LogP contribution in [0.4, 0.5) is 20.5 Å². The largest absolute Gasteiger partial charge is 0.338 e. The van der Waals surface area contributed by atoms with Crippen molar-refractivity contribution in [1.82, 2.24) is 34.3 Å². The van der Waals surface area contributed by atoms with Crippen molar-refractivity contribution in [3.63, 3.8) is 0 Å². The van der Waals surface area contributed by atoms with Crippen LogP contribution in [0.25, 0.3) is 22.3 Å². The Labute approximate surface area is 224 Å². The Kier molecular flexibility index (Phi) is 6.46. The number of rotatable bonds is 7. The molecule has 0 bridgehead atoms. The van der Waals surface area contributed by atoms with Crippen LogP contribution in [0, 0.1) is 18.6 Å². The lowest BCUT2D eigenvalue weighted by molar-refractivity contribution is -0.132. The van der Waals surface area contributed by atoms with Gasteiger partial charge in [0.25, 0.3) is 0 Å². The summed E-state index contributed by atoms with van der Waals surface area (Å²) in [7, 11) is 3.90. The first-order chi connectivity index (χ1) is 18.8. The van der Waals surface area contributed by atoms with Crippen molar-refractivity contribution in [2.75, 3.05) is 32.5 Å². The number of hydrogen-bond acceptors (Lipinski definition) is 7. The predicted octanol–water partition coefficient (Wildman–Crippen LogP) is 4.39. The summed E-state index contributed by atoms with van der Waals surface area (Å²) < 4.78 is 31.9. The van der Waals surface area contributed by atoms with Crippen LogP contribution in [-0.4, -0.2) is 67.4 Å². The molecule has 4 heterocycles. The standard InChI is InChI=1S/C28H30F2N8O/c1-16-32-27-20(29)12-18(13-23(27)38(16)19-5-6-19)26-21(30)14-31-28(35-26)34-24-7-4-17-15-37(11-8-22(17)33-24)25(39)9-10-36(2)3/h4,7,12-14,19H,5-6,8-11,15H2,1-3H3,(H,31,33,34,35). The molecule has 39 heavy (non-hydrogen) atoms. The smallest absolute Gasteiger partial charge is 0.229 e. The molecule has 4 aromatic rings. The van der Waals surface area contributed by atoms with E-state index in [1.54, 1.807) is 12.1 Å². The Balaban J connectivity index is 1.23. The quantitative estimate of drug-likeness (QED) is 0.377. The van der Waals surface area contributed by atoms with Gasteiger partial charge in [-0.25, -0.2) is 28.7 Å². The van der Waals surface area contributed by atoms with Crippen LogP contribution in [0.3, 0.4) is 0 Å². The monoisotopic (exact) mass is 532 g/mol. The topological polar surface area (TPSA) is 92.1 Å². The summed E-state index contributed by atoms with van der Waals surface area (Å²) >= 11 is 0. The Morgan fingerprint density at radius 3 is 2.72 bits per heavy atom. The molecular formula is C28H30F2N8O. The number of amides is 1. The average Bonchev–Trinajstić information content (AvgIpc) is 3.69. The zero-order valence-corrected chi connectivity index (χ0v) is 22.2. The average molecular weight is 533 g/mol. The minimum atomic E-state index is -0.647. The summed E-state index contributed by atoms with van der Waals surface area (Å²) in [5, 5.41) is 3.06. The van der Waals surface area contributed by atoms with Gasteiger partial charge in [0.1, 0.15) is 22.9 Å². The second kappa shape index (κ2) is 9.96. The maximum atomic E-state index is 15.0. The van der Waals surface area contributed by atoms with Crippen molar-refractivity contribution in [3.8, 4) is 11.3 Å². The summed E-state index contributed by atoms with van der Waals surface area (Å²) in [4.78, 5) is 33.9. The molecule has 1 aliphatic carbocycles. The predicted molar refractivity (Wildman–Crippen MR) is 143 cm³/mol. The molecule has 1 N–H and O–H groups in total. The zero-order chi connectivity index (χ0) is 27.3. The second-order valence-electron chi connectivity index (χ2n) is 10.5. The van der Waals surface area contributed by atoms with Crippen LogP contribution >= 0.6 is 0 Å². The summed E-state index contributed by atoms with van der Waals surface area (Å²) in [6.45, 7) is 3.71. The molecule has 202 valence electrons. The van der Waals surface area contributed by atoms with Crippen LogP contribution in [-0.2, 0) is 17.8 Å². The van der Waals surface area contributed by atoms with Crippen molar-refractivity contribution < 1.29 is 13.6 Å². The molecule has 0 saturated heterocycles. The van der Waals surface area contributed by atoms with Gasteiger partial charge in [0.05, 0.1) is 11.7 Å². The third-order valence-electron chi connectivity index (χ3n) is 7.27. The SMILES string of the molecule is Cc1nc2c(F)cc(-c3nc(Nc4ccc5c(n4)CCN(C(=O)CCN(C)C)C5)ncc3F)cc2n1C1CC1. The van der Waals surface area contributed by atoms with E-state index in [0.29, 0.717) is 55.4 Å². The van der Waals surface area contributed by atoms with Crippen molar-refractivity contribution in [1.29, 1.82) is 0 Å². The highest BCUT2D eigenvalue weighted by atomic mass is 19.1. The Morgan fingerprint density at radius 2 is 1.95 bits per heavy atom. The van der Waals surface area contributed by atoms with E-state index in [9.17, 15) is 9.18 Å². The third kappa shape index (κ3) is 5.06. The molecule has 0 radical (unpaired) electrons. The molecule has 9 nitrogen and oxygen atoms in total. The fourth-order valence-corrected chi connectivity index (χ4v) is 5.12. The molecule has 11 heteroatoms. The molecule has 0 unspecified atom stereocenters. The van der Waals surface area contributed by atoms with Gasteiger partial charge in [0, 0.05) is 49.8 Å². The minimum Gasteiger partial charge on any atom is -0.338 e. The molecule has 1 aromatic carbocycles. The van der Waals surface area contributed by atoms with E-state index < -0.39 is 11.6 Å². The number of fused-ring (bicyclic) bond motifs is 2. The first kappa shape index (κ1) is 25.3. The third-order valence-corrected chi connectivity index (χ3v) is 7.27. The highest BCUT2D eigenvalue weighted by Gasteiger charge is 2.28. The van der Waals surface area contributed by atoms with E-state index in [1.165, 1.54) is 6.07 Å². The van der Waals surface area contributed by atoms with E-state index in [2.05, 4.69) is 20.3 Å². The van der Waals surface area contributed by atoms with Gasteiger partial charge < -0.3 is 19.7 Å². The van der Waals surface area contributed by atoms with Gasteiger partial charge >= 0.3 is 0 Å². The van der Waals surface area contributed by atoms with Gasteiger partial charge in [0.15, 0.2) is 11.6 Å². The molecule has 1 saturated carbocycles. The molecule has 0 spiro atoms. The molecule has 1 amide bonds. The molecule has 1 fully saturated rings. The number of imidazole rings is 1. The van der Waals surface area contributed by atoms with Crippen LogP contribution in [0.1, 0.15) is 42.4 Å². The van der Waals surface area contributed by atoms with Gasteiger partial charge in [-0.1, -0.05) is 6.07 Å². The number of nitrogens with zero attached hydrogens (tertiary/aromatic N) is 7. The maximum Gasteiger partial charge on any atom is 0.229 e. The van der Waals surface area contributed by atoms with Crippen LogP contribution < -0.4 is 5.32 Å². The number of aryl methyl sites for hydroxylation is 1. The number of benzene rings is 1. The van der Waals surface area contributed by atoms with Crippen molar-refractivity contribution in [2.45, 2.75) is 45.2 Å². The maximum absolute atomic E-state index is 15.0. The number of pyridine rings is 1. The summed E-state index contributed by atoms with van der Waals surface area (Å²) in [6, 6.07) is 7.04. The number of halogens is 2. The zero-order valence-electron chi connectivity index (χ0n) is 22.2. The number of hydrogen-bond donors (Lipinski definition) is 1. The van der Waals surface area contributed by atoms with Crippen LogP contribution in [0.15, 0.2) is 30.5 Å². The van der Waals surface area contributed by atoms with Crippen LogP contribution in [0.5, 0.6) is 0 Å². The fourth-order valence-electron chi connectivity index (χ4n) is 5.12. The highest BCUT2D eigenvalue weighted by molar-refractivity contribution is 5.83. The molecule has 3 aromatic heterocycles. The Hall–Kier alpha value is -3.99. The molecule has 2 aliphatic rings. The number of nitrogens with one attached hydrogen (secondary N) is 1. The lowest BCUT2D eigenvalue weighted by atomic mass is 10.1. The Morgan fingerprint density at radius 1 is 1.13 bits per heavy atom. The van der Waals surface area contributed by atoms with E-state index in [4.69, 9.17) is 4.98 Å². The van der Waals surface area contributed by atoms with Gasteiger partial charge in [-0.3, -0.25) is 4.79 Å². The van der Waals surface area contributed by atoms with E-state index >= 15 is 4.39 Å². The number of anilines is 2. The lowest BCUT2D eigenvalue weighted by Gasteiger charge is -2.29. The molecule has 6 rings (SSSR count). The second-order valence-corrected chi connectivity index (χ2v) is 10.5.